The van der Waals surface area contributed by atoms with E-state index in [0.717, 1.165) is 12.0 Å². The Bertz CT molecular complexity index is 904. The van der Waals surface area contributed by atoms with Crippen molar-refractivity contribution in [2.24, 2.45) is 0 Å². The van der Waals surface area contributed by atoms with Gasteiger partial charge in [0, 0.05) is 12.8 Å². The first kappa shape index (κ1) is 20.0. The monoisotopic (exact) mass is 386 g/mol. The van der Waals surface area contributed by atoms with Crippen LogP contribution in [0.15, 0.2) is 79.0 Å². The van der Waals surface area contributed by atoms with Crippen LogP contribution in [0, 0.1) is 11.3 Å². The molecule has 0 spiro atoms. The summed E-state index contributed by atoms with van der Waals surface area (Å²) in [6, 6.07) is 27.2. The van der Waals surface area contributed by atoms with Gasteiger partial charge >= 0.3 is 0 Å². The highest BCUT2D eigenvalue weighted by Gasteiger charge is 2.49. The Labute approximate surface area is 168 Å². The van der Waals surface area contributed by atoms with E-state index in [1.165, 1.54) is 10.4 Å². The van der Waals surface area contributed by atoms with Crippen LogP contribution in [0.25, 0.3) is 0 Å². The summed E-state index contributed by atoms with van der Waals surface area (Å²) in [5, 5.41) is 11.6. The molecule has 3 nitrogen and oxygen atoms in total. The van der Waals surface area contributed by atoms with Crippen molar-refractivity contribution in [3.05, 3.63) is 90.3 Å². The Hall–Kier alpha value is -2.74. The fraction of sp³-hybridized carbons (Fsp3) is 0.250. The van der Waals surface area contributed by atoms with Gasteiger partial charge in [0.15, 0.2) is 0 Å². The van der Waals surface area contributed by atoms with Crippen LogP contribution in [0.1, 0.15) is 32.0 Å². The van der Waals surface area contributed by atoms with Crippen molar-refractivity contribution < 1.29 is 4.43 Å². The lowest BCUT2D eigenvalue weighted by Gasteiger charge is -2.43. The largest absolute Gasteiger partial charge is 0.407 e. The van der Waals surface area contributed by atoms with Crippen LogP contribution in [0.2, 0.25) is 5.04 Å². The Kier molecular flexibility index (Phi) is 6.08. The van der Waals surface area contributed by atoms with Gasteiger partial charge in [0.05, 0.1) is 0 Å². The molecule has 0 saturated carbocycles. The molecule has 142 valence electrons. The minimum Gasteiger partial charge on any atom is -0.407 e. The number of pyridine rings is 1. The van der Waals surface area contributed by atoms with Gasteiger partial charge in [0.1, 0.15) is 11.8 Å². The molecule has 0 unspecified atom stereocenters. The Morgan fingerprint density at radius 1 is 0.929 bits per heavy atom. The standard InChI is InChI=1S/C24H26N2OSi/c1-24(2,3)28(22-10-6-4-7-11-22,23-12-8-5-9-13-23)27-17-15-20-14-16-26-21(18-20)19-25/h4-14,16,18H,15,17H2,1-3H3. The highest BCUT2D eigenvalue weighted by Crippen LogP contribution is 2.36. The van der Waals surface area contributed by atoms with Gasteiger partial charge in [0.25, 0.3) is 8.32 Å². The average molecular weight is 387 g/mol. The molecular weight excluding hydrogens is 360 g/mol. The Balaban J connectivity index is 1.97. The molecule has 3 aromatic rings. The minimum absolute atomic E-state index is 0.0359. The van der Waals surface area contributed by atoms with Crippen LogP contribution in [0.4, 0.5) is 0 Å². The van der Waals surface area contributed by atoms with E-state index >= 15 is 0 Å². The third-order valence-electron chi connectivity index (χ3n) is 5.07. The van der Waals surface area contributed by atoms with Crippen molar-refractivity contribution in [1.82, 2.24) is 4.98 Å². The van der Waals surface area contributed by atoms with E-state index < -0.39 is 8.32 Å². The van der Waals surface area contributed by atoms with E-state index in [1.807, 2.05) is 12.1 Å². The summed E-state index contributed by atoms with van der Waals surface area (Å²) in [7, 11) is -2.51. The van der Waals surface area contributed by atoms with Gasteiger partial charge in [-0.25, -0.2) is 4.98 Å². The quantitative estimate of drug-likeness (QED) is 0.600. The summed E-state index contributed by atoms with van der Waals surface area (Å²) >= 11 is 0. The molecule has 0 saturated heterocycles. The molecule has 4 heteroatoms. The maximum atomic E-state index is 9.08. The number of hydrogen-bond acceptors (Lipinski definition) is 3. The number of aromatic nitrogens is 1. The Morgan fingerprint density at radius 2 is 1.50 bits per heavy atom. The fourth-order valence-electron chi connectivity index (χ4n) is 3.77. The van der Waals surface area contributed by atoms with Gasteiger partial charge in [-0.15, -0.1) is 0 Å². The number of nitrogens with zero attached hydrogens (tertiary/aromatic N) is 2. The van der Waals surface area contributed by atoms with Crippen LogP contribution < -0.4 is 10.4 Å². The Morgan fingerprint density at radius 3 is 2.00 bits per heavy atom. The first-order chi connectivity index (χ1) is 13.5. The summed E-state index contributed by atoms with van der Waals surface area (Å²) < 4.78 is 6.88. The van der Waals surface area contributed by atoms with E-state index in [-0.39, 0.29) is 5.04 Å². The third-order valence-corrected chi connectivity index (χ3v) is 10.1. The highest BCUT2D eigenvalue weighted by molar-refractivity contribution is 6.99. The topological polar surface area (TPSA) is 45.9 Å². The summed E-state index contributed by atoms with van der Waals surface area (Å²) in [4.78, 5) is 4.06. The first-order valence-electron chi connectivity index (χ1n) is 9.57. The molecule has 0 bridgehead atoms. The van der Waals surface area contributed by atoms with Crippen molar-refractivity contribution in [3.63, 3.8) is 0 Å². The van der Waals surface area contributed by atoms with Crippen molar-refractivity contribution >= 4 is 18.7 Å². The van der Waals surface area contributed by atoms with Gasteiger partial charge in [-0.3, -0.25) is 0 Å². The number of rotatable bonds is 6. The zero-order valence-electron chi connectivity index (χ0n) is 16.7. The SMILES string of the molecule is CC(C)(C)[Si](OCCc1ccnc(C#N)c1)(c1ccccc1)c1ccccc1. The second kappa shape index (κ2) is 8.51. The smallest absolute Gasteiger partial charge is 0.261 e. The van der Waals surface area contributed by atoms with E-state index in [2.05, 4.69) is 92.5 Å². The summed E-state index contributed by atoms with van der Waals surface area (Å²) in [6.07, 6.45) is 2.44. The van der Waals surface area contributed by atoms with E-state index in [1.54, 1.807) is 6.20 Å². The van der Waals surface area contributed by atoms with Crippen LogP contribution in [0.5, 0.6) is 0 Å². The van der Waals surface area contributed by atoms with E-state index in [9.17, 15) is 0 Å². The van der Waals surface area contributed by atoms with Gasteiger partial charge in [-0.2, -0.15) is 5.26 Å². The van der Waals surface area contributed by atoms with Crippen molar-refractivity contribution in [1.29, 1.82) is 5.26 Å². The zero-order valence-corrected chi connectivity index (χ0v) is 17.7. The molecule has 2 aromatic carbocycles. The molecule has 1 aromatic heterocycles. The lowest BCUT2D eigenvalue weighted by atomic mass is 10.2. The lowest BCUT2D eigenvalue weighted by Crippen LogP contribution is -2.66. The van der Waals surface area contributed by atoms with Gasteiger partial charge in [-0.1, -0.05) is 81.4 Å². The predicted octanol–water partition coefficient (Wildman–Crippen LogP) is 4.07. The highest BCUT2D eigenvalue weighted by atomic mass is 28.4. The predicted molar refractivity (Wildman–Crippen MR) is 116 cm³/mol. The number of benzene rings is 2. The second-order valence-corrected chi connectivity index (χ2v) is 12.2. The second-order valence-electron chi connectivity index (χ2n) is 7.92. The van der Waals surface area contributed by atoms with Crippen molar-refractivity contribution in [3.8, 4) is 6.07 Å². The third kappa shape index (κ3) is 4.06. The van der Waals surface area contributed by atoms with Crippen LogP contribution in [-0.2, 0) is 10.8 Å². The fourth-order valence-corrected chi connectivity index (χ4v) is 8.34. The van der Waals surface area contributed by atoms with Crippen LogP contribution in [0.3, 0.4) is 0 Å². The van der Waals surface area contributed by atoms with Crippen LogP contribution in [-0.4, -0.2) is 19.9 Å². The molecule has 28 heavy (non-hydrogen) atoms. The summed E-state index contributed by atoms with van der Waals surface area (Å²) in [6.45, 7) is 7.43. The van der Waals surface area contributed by atoms with Gasteiger partial charge < -0.3 is 4.43 Å². The molecule has 3 rings (SSSR count). The van der Waals surface area contributed by atoms with E-state index in [0.29, 0.717) is 12.3 Å². The average Bonchev–Trinajstić information content (AvgIpc) is 2.72. The maximum absolute atomic E-state index is 9.08. The molecular formula is C24H26N2OSi. The number of hydrogen-bond donors (Lipinski definition) is 0. The van der Waals surface area contributed by atoms with Gasteiger partial charge in [0.2, 0.25) is 0 Å². The molecule has 0 N–H and O–H groups in total. The van der Waals surface area contributed by atoms with Crippen molar-refractivity contribution in [2.75, 3.05) is 6.61 Å². The lowest BCUT2D eigenvalue weighted by molar-refractivity contribution is 0.302. The zero-order chi connectivity index (χ0) is 20.0. The molecule has 0 aliphatic heterocycles. The van der Waals surface area contributed by atoms with Crippen molar-refractivity contribution in [2.45, 2.75) is 32.2 Å². The molecule has 0 atom stereocenters. The first-order valence-corrected chi connectivity index (χ1v) is 11.5. The summed E-state index contributed by atoms with van der Waals surface area (Å²) in [5.41, 5.74) is 1.52. The minimum atomic E-state index is -2.51. The van der Waals surface area contributed by atoms with Gasteiger partial charge in [-0.05, 0) is 39.5 Å². The molecule has 0 fully saturated rings. The molecule has 0 radical (unpaired) electrons. The molecule has 0 amide bonds. The molecule has 0 aliphatic rings. The van der Waals surface area contributed by atoms with Crippen LogP contribution >= 0.6 is 0 Å². The normalized spacial score (nSPS) is 11.8. The van der Waals surface area contributed by atoms with E-state index in [4.69, 9.17) is 9.69 Å². The molecule has 1 heterocycles. The number of nitriles is 1. The summed E-state index contributed by atoms with van der Waals surface area (Å²) in [5.74, 6) is 0. The maximum Gasteiger partial charge on any atom is 0.261 e. The molecule has 0 aliphatic carbocycles.